The Hall–Kier alpha value is -1.10. The summed E-state index contributed by atoms with van der Waals surface area (Å²) in [5, 5.41) is 22.4. The largest absolute Gasteiger partial charge is 0.398 e. The normalized spacial score (nSPS) is 14.8. The molecule has 0 heterocycles. The lowest BCUT2D eigenvalue weighted by Gasteiger charge is -2.19. The van der Waals surface area contributed by atoms with Gasteiger partial charge in [-0.3, -0.25) is 0 Å². The first kappa shape index (κ1) is 13.0. The van der Waals surface area contributed by atoms with Crippen molar-refractivity contribution in [1.29, 1.82) is 0 Å². The van der Waals surface area contributed by atoms with Gasteiger partial charge in [-0.25, -0.2) is 0 Å². The molecule has 4 heteroatoms. The Bertz CT molecular complexity index is 343. The highest BCUT2D eigenvalue weighted by atomic mass is 16.3. The van der Waals surface area contributed by atoms with Gasteiger partial charge in [0, 0.05) is 12.2 Å². The van der Waals surface area contributed by atoms with Gasteiger partial charge in [-0.2, -0.15) is 0 Å². The Kier molecular flexibility index (Phi) is 4.29. The second-order valence-electron chi connectivity index (χ2n) is 4.14. The highest BCUT2D eigenvalue weighted by Crippen LogP contribution is 2.24. The molecule has 0 fully saturated rings. The lowest BCUT2D eigenvalue weighted by molar-refractivity contribution is 0.0202. The summed E-state index contributed by atoms with van der Waals surface area (Å²) < 4.78 is 0. The summed E-state index contributed by atoms with van der Waals surface area (Å²) in [6.45, 7) is 4.13. The molecule has 1 aromatic rings. The van der Waals surface area contributed by atoms with Gasteiger partial charge in [0.05, 0.1) is 6.10 Å². The molecule has 1 rings (SSSR count). The lowest BCUT2D eigenvalue weighted by atomic mass is 9.98. The minimum absolute atomic E-state index is 0.351. The van der Waals surface area contributed by atoms with Gasteiger partial charge in [-0.05, 0) is 37.6 Å². The van der Waals surface area contributed by atoms with Crippen LogP contribution in [0.25, 0.3) is 0 Å². The number of aliphatic hydroxyl groups excluding tert-OH is 2. The van der Waals surface area contributed by atoms with Crippen LogP contribution < -0.4 is 11.1 Å². The maximum Gasteiger partial charge on any atom is 0.106 e. The maximum atomic E-state index is 9.93. The third-order valence-corrected chi connectivity index (χ3v) is 2.74. The van der Waals surface area contributed by atoms with Crippen molar-refractivity contribution in [3.8, 4) is 0 Å². The van der Waals surface area contributed by atoms with E-state index in [-0.39, 0.29) is 0 Å². The predicted molar refractivity (Wildman–Crippen MR) is 65.2 cm³/mol. The van der Waals surface area contributed by atoms with Crippen molar-refractivity contribution in [2.45, 2.75) is 26.1 Å². The molecule has 5 N–H and O–H groups in total. The third kappa shape index (κ3) is 2.72. The smallest absolute Gasteiger partial charge is 0.106 e. The number of rotatable bonds is 4. The number of nitrogens with one attached hydrogen (secondary N) is 1. The maximum absolute atomic E-state index is 9.93. The van der Waals surface area contributed by atoms with Crippen molar-refractivity contribution in [3.05, 3.63) is 28.8 Å². The molecular weight excluding hydrogens is 204 g/mol. The fourth-order valence-electron chi connectivity index (χ4n) is 1.72. The van der Waals surface area contributed by atoms with E-state index in [1.807, 2.05) is 26.0 Å². The first-order valence-corrected chi connectivity index (χ1v) is 5.34. The first-order chi connectivity index (χ1) is 7.47. The van der Waals surface area contributed by atoms with Crippen LogP contribution in [0.5, 0.6) is 0 Å². The van der Waals surface area contributed by atoms with Crippen LogP contribution in [0.4, 0.5) is 5.69 Å². The van der Waals surface area contributed by atoms with E-state index in [0.717, 1.165) is 16.8 Å². The van der Waals surface area contributed by atoms with Crippen LogP contribution in [0.3, 0.4) is 0 Å². The third-order valence-electron chi connectivity index (χ3n) is 2.74. The quantitative estimate of drug-likeness (QED) is 0.562. The van der Waals surface area contributed by atoms with Crippen molar-refractivity contribution >= 4 is 5.69 Å². The molecule has 0 amide bonds. The first-order valence-electron chi connectivity index (χ1n) is 5.34. The van der Waals surface area contributed by atoms with Crippen LogP contribution in [-0.2, 0) is 0 Å². The highest BCUT2D eigenvalue weighted by molar-refractivity contribution is 5.54. The zero-order valence-electron chi connectivity index (χ0n) is 9.99. The molecule has 0 saturated carbocycles. The molecule has 0 bridgehead atoms. The topological polar surface area (TPSA) is 78.5 Å². The fourth-order valence-corrected chi connectivity index (χ4v) is 1.72. The molecule has 0 aliphatic rings. The van der Waals surface area contributed by atoms with E-state index in [0.29, 0.717) is 12.1 Å². The summed E-state index contributed by atoms with van der Waals surface area (Å²) in [7, 11) is 1.73. The van der Waals surface area contributed by atoms with E-state index in [1.54, 1.807) is 7.05 Å². The van der Waals surface area contributed by atoms with E-state index in [2.05, 4.69) is 5.32 Å². The molecule has 90 valence electrons. The number of aliphatic hydroxyl groups is 2. The van der Waals surface area contributed by atoms with E-state index < -0.39 is 12.2 Å². The number of hydrogen-bond acceptors (Lipinski definition) is 4. The number of aryl methyl sites for hydroxylation is 2. The average Bonchev–Trinajstić information content (AvgIpc) is 2.24. The number of nitrogen functional groups attached to an aromatic ring is 1. The molecule has 2 atom stereocenters. The van der Waals surface area contributed by atoms with Crippen molar-refractivity contribution in [1.82, 2.24) is 5.32 Å². The SMILES string of the molecule is CNCC(O)C(O)c1cc(C)c(N)c(C)c1. The van der Waals surface area contributed by atoms with E-state index in [4.69, 9.17) is 5.73 Å². The minimum atomic E-state index is -0.884. The van der Waals surface area contributed by atoms with Gasteiger partial charge in [-0.15, -0.1) is 0 Å². The molecular formula is C12H20N2O2. The summed E-state index contributed by atoms with van der Waals surface area (Å²) in [5.41, 5.74) is 9.11. The summed E-state index contributed by atoms with van der Waals surface area (Å²) >= 11 is 0. The van der Waals surface area contributed by atoms with Crippen LogP contribution in [0.15, 0.2) is 12.1 Å². The van der Waals surface area contributed by atoms with Crippen LogP contribution >= 0.6 is 0 Å². The van der Waals surface area contributed by atoms with Gasteiger partial charge in [0.25, 0.3) is 0 Å². The van der Waals surface area contributed by atoms with Crippen molar-refractivity contribution in [2.24, 2.45) is 0 Å². The van der Waals surface area contributed by atoms with Gasteiger partial charge in [-0.1, -0.05) is 12.1 Å². The Labute approximate surface area is 96.1 Å². The zero-order valence-corrected chi connectivity index (χ0v) is 9.99. The average molecular weight is 224 g/mol. The summed E-state index contributed by atoms with van der Waals surface area (Å²) in [6.07, 6.45) is -1.70. The molecule has 2 unspecified atom stereocenters. The zero-order chi connectivity index (χ0) is 12.3. The summed E-state index contributed by atoms with van der Waals surface area (Å²) in [5.74, 6) is 0. The molecule has 4 nitrogen and oxygen atoms in total. The Balaban J connectivity index is 2.96. The van der Waals surface area contributed by atoms with Gasteiger partial charge in [0.2, 0.25) is 0 Å². The lowest BCUT2D eigenvalue weighted by Crippen LogP contribution is -2.29. The molecule has 0 aliphatic heterocycles. The summed E-state index contributed by atoms with van der Waals surface area (Å²) in [4.78, 5) is 0. The van der Waals surface area contributed by atoms with Crippen molar-refractivity contribution in [2.75, 3.05) is 19.3 Å². The molecule has 1 aromatic carbocycles. The van der Waals surface area contributed by atoms with Crippen LogP contribution in [0.1, 0.15) is 22.8 Å². The monoisotopic (exact) mass is 224 g/mol. The van der Waals surface area contributed by atoms with Gasteiger partial charge in [0.1, 0.15) is 6.10 Å². The van der Waals surface area contributed by atoms with Crippen molar-refractivity contribution < 1.29 is 10.2 Å². The summed E-state index contributed by atoms with van der Waals surface area (Å²) in [6, 6.07) is 3.62. The molecule has 0 aromatic heterocycles. The number of anilines is 1. The fraction of sp³-hybridized carbons (Fsp3) is 0.500. The van der Waals surface area contributed by atoms with Crippen LogP contribution in [0.2, 0.25) is 0 Å². The standard InChI is InChI=1S/C12H20N2O2/c1-7-4-9(5-8(2)11(7)13)12(16)10(15)6-14-3/h4-5,10,12,14-16H,6,13H2,1-3H3. The van der Waals surface area contributed by atoms with Gasteiger partial charge < -0.3 is 21.3 Å². The van der Waals surface area contributed by atoms with Crippen molar-refractivity contribution in [3.63, 3.8) is 0 Å². The van der Waals surface area contributed by atoms with E-state index in [9.17, 15) is 10.2 Å². The van der Waals surface area contributed by atoms with Crippen LogP contribution in [0, 0.1) is 13.8 Å². The van der Waals surface area contributed by atoms with Gasteiger partial charge in [0.15, 0.2) is 0 Å². The second kappa shape index (κ2) is 5.30. The number of likely N-dealkylation sites (N-methyl/N-ethyl adjacent to an activating group) is 1. The number of hydrogen-bond donors (Lipinski definition) is 4. The number of benzene rings is 1. The van der Waals surface area contributed by atoms with Gasteiger partial charge >= 0.3 is 0 Å². The predicted octanol–water partition coefficient (Wildman–Crippen LogP) is 0.499. The molecule has 0 spiro atoms. The Morgan fingerprint density at radius 2 is 1.75 bits per heavy atom. The molecule has 0 radical (unpaired) electrons. The highest BCUT2D eigenvalue weighted by Gasteiger charge is 2.18. The second-order valence-corrected chi connectivity index (χ2v) is 4.14. The molecule has 0 saturated heterocycles. The Morgan fingerprint density at radius 1 is 1.25 bits per heavy atom. The van der Waals surface area contributed by atoms with Crippen LogP contribution in [-0.4, -0.2) is 29.9 Å². The molecule has 0 aliphatic carbocycles. The Morgan fingerprint density at radius 3 is 2.19 bits per heavy atom. The van der Waals surface area contributed by atoms with E-state index >= 15 is 0 Å². The molecule has 16 heavy (non-hydrogen) atoms. The van der Waals surface area contributed by atoms with E-state index in [1.165, 1.54) is 0 Å². The number of nitrogens with two attached hydrogens (primary N) is 1. The minimum Gasteiger partial charge on any atom is -0.398 e.